The Morgan fingerprint density at radius 3 is 2.52 bits per heavy atom. The van der Waals surface area contributed by atoms with Gasteiger partial charge in [-0.15, -0.1) is 0 Å². The molecule has 1 aliphatic heterocycles. The summed E-state index contributed by atoms with van der Waals surface area (Å²) in [6.45, 7) is -0.298. The lowest BCUT2D eigenvalue weighted by Crippen LogP contribution is -2.38. The molecule has 1 atom stereocenters. The molecule has 0 radical (unpaired) electrons. The molecule has 4 rings (SSSR count). The number of carbonyl (C=O) groups is 1. The molecule has 1 aromatic heterocycles. The molecule has 0 N–H and O–H groups in total. The van der Waals surface area contributed by atoms with E-state index in [1.54, 1.807) is 11.0 Å². The van der Waals surface area contributed by atoms with Crippen molar-refractivity contribution in [3.63, 3.8) is 0 Å². The van der Waals surface area contributed by atoms with Gasteiger partial charge in [0, 0.05) is 17.6 Å². The Kier molecular flexibility index (Phi) is 5.91. The highest BCUT2D eigenvalue weighted by Crippen LogP contribution is 2.29. The van der Waals surface area contributed by atoms with Gasteiger partial charge in [-0.1, -0.05) is 46.9 Å². The molecule has 1 aliphatic rings. The van der Waals surface area contributed by atoms with Crippen molar-refractivity contribution in [2.24, 2.45) is 0 Å². The van der Waals surface area contributed by atoms with Crippen molar-refractivity contribution in [2.75, 3.05) is 6.54 Å². The van der Waals surface area contributed by atoms with Gasteiger partial charge in [0.2, 0.25) is 0 Å². The van der Waals surface area contributed by atoms with Crippen LogP contribution in [0, 0.1) is 0 Å². The van der Waals surface area contributed by atoms with E-state index < -0.39 is 6.67 Å². The van der Waals surface area contributed by atoms with Gasteiger partial charge in [-0.25, -0.2) is 14.4 Å². The van der Waals surface area contributed by atoms with E-state index in [1.165, 1.54) is 6.07 Å². The van der Waals surface area contributed by atoms with Crippen LogP contribution in [0.1, 0.15) is 34.6 Å². The molecule has 2 aromatic carbocycles. The van der Waals surface area contributed by atoms with Gasteiger partial charge in [-0.05, 0) is 49.1 Å². The summed E-state index contributed by atoms with van der Waals surface area (Å²) in [5, 5.41) is 1.27. The van der Waals surface area contributed by atoms with Crippen LogP contribution in [0.25, 0.3) is 11.0 Å². The van der Waals surface area contributed by atoms with Crippen molar-refractivity contribution in [1.29, 1.82) is 0 Å². The monoisotopic (exact) mass is 451 g/mol. The Morgan fingerprint density at radius 1 is 1.10 bits per heavy atom. The van der Waals surface area contributed by atoms with Crippen LogP contribution in [-0.2, 0) is 13.1 Å². The zero-order valence-corrected chi connectivity index (χ0v) is 17.6. The number of halogens is 4. The molecule has 150 valence electrons. The molecule has 1 amide bonds. The Labute approximate surface area is 182 Å². The van der Waals surface area contributed by atoms with Crippen molar-refractivity contribution >= 4 is 51.7 Å². The second kappa shape index (κ2) is 8.42. The highest BCUT2D eigenvalue weighted by molar-refractivity contribution is 6.42. The molecule has 29 heavy (non-hydrogen) atoms. The van der Waals surface area contributed by atoms with Crippen LogP contribution in [0.5, 0.6) is 0 Å². The lowest BCUT2D eigenvalue weighted by Gasteiger charge is -2.25. The van der Waals surface area contributed by atoms with Crippen LogP contribution < -0.4 is 0 Å². The highest BCUT2D eigenvalue weighted by atomic mass is 35.5. The molecule has 0 spiro atoms. The summed E-state index contributed by atoms with van der Waals surface area (Å²) in [7, 11) is 0. The number of aromatic nitrogens is 2. The Hall–Kier alpha value is -1.95. The third kappa shape index (κ3) is 4.18. The number of alkyl halides is 1. The quantitative estimate of drug-likeness (QED) is 0.494. The van der Waals surface area contributed by atoms with Gasteiger partial charge in [0.15, 0.2) is 5.69 Å². The van der Waals surface area contributed by atoms with E-state index in [9.17, 15) is 9.18 Å². The average molecular weight is 453 g/mol. The minimum atomic E-state index is -0.892. The second-order valence-electron chi connectivity index (χ2n) is 7.04. The predicted octanol–water partition coefficient (Wildman–Crippen LogP) is 5.91. The molecule has 0 aliphatic carbocycles. The average Bonchev–Trinajstić information content (AvgIpc) is 3.15. The van der Waals surface area contributed by atoms with Crippen molar-refractivity contribution < 1.29 is 9.18 Å². The van der Waals surface area contributed by atoms with Crippen molar-refractivity contribution in [3.8, 4) is 0 Å². The largest absolute Gasteiger partial charge is 0.334 e. The minimum Gasteiger partial charge on any atom is -0.334 e. The molecule has 8 heteroatoms. The third-order valence-corrected chi connectivity index (χ3v) is 6.06. The summed E-state index contributed by atoms with van der Waals surface area (Å²) < 4.78 is 13.7. The van der Waals surface area contributed by atoms with Gasteiger partial charge in [-0.3, -0.25) is 4.79 Å². The first-order chi connectivity index (χ1) is 14.0. The van der Waals surface area contributed by atoms with Gasteiger partial charge in [0.1, 0.15) is 12.4 Å². The number of benzene rings is 2. The van der Waals surface area contributed by atoms with Crippen LogP contribution >= 0.6 is 34.8 Å². The summed E-state index contributed by atoms with van der Waals surface area (Å²) in [4.78, 5) is 23.7. The molecule has 0 saturated carbocycles. The summed E-state index contributed by atoms with van der Waals surface area (Å²) >= 11 is 18.2. The summed E-state index contributed by atoms with van der Waals surface area (Å²) in [5.74, 6) is -0.317. The summed E-state index contributed by atoms with van der Waals surface area (Å²) in [5.41, 5.74) is 1.90. The smallest absolute Gasteiger partial charge is 0.274 e. The number of likely N-dealkylation sites (tertiary alicyclic amines) is 1. The number of rotatable bonds is 4. The van der Waals surface area contributed by atoms with E-state index in [2.05, 4.69) is 9.97 Å². The molecule has 3 aromatic rings. The fraction of sp³-hybridized carbons (Fsp3) is 0.286. The van der Waals surface area contributed by atoms with Crippen molar-refractivity contribution in [1.82, 2.24) is 14.9 Å². The highest BCUT2D eigenvalue weighted by Gasteiger charge is 2.32. The zero-order valence-electron chi connectivity index (χ0n) is 15.3. The number of fused-ring (bicyclic) bond motifs is 1. The van der Waals surface area contributed by atoms with E-state index in [0.29, 0.717) is 39.1 Å². The molecule has 2 heterocycles. The molecular weight excluding hydrogens is 436 g/mol. The third-order valence-electron chi connectivity index (χ3n) is 5.11. The molecule has 1 saturated heterocycles. The van der Waals surface area contributed by atoms with Crippen LogP contribution in [0.4, 0.5) is 4.39 Å². The zero-order chi connectivity index (χ0) is 20.5. The van der Waals surface area contributed by atoms with Gasteiger partial charge in [0.25, 0.3) is 5.91 Å². The molecule has 4 nitrogen and oxygen atoms in total. The Balaban J connectivity index is 1.67. The van der Waals surface area contributed by atoms with Gasteiger partial charge >= 0.3 is 0 Å². The van der Waals surface area contributed by atoms with E-state index in [4.69, 9.17) is 34.8 Å². The first-order valence-corrected chi connectivity index (χ1v) is 10.4. The van der Waals surface area contributed by atoms with E-state index in [0.717, 1.165) is 18.4 Å². The van der Waals surface area contributed by atoms with Crippen molar-refractivity contribution in [2.45, 2.75) is 32.0 Å². The van der Waals surface area contributed by atoms with Crippen LogP contribution in [0.3, 0.4) is 0 Å². The number of amides is 1. The lowest BCUT2D eigenvalue weighted by atomic mass is 10.0. The fourth-order valence-electron chi connectivity index (χ4n) is 3.74. The number of nitrogens with zero attached hydrogens (tertiary/aromatic N) is 3. The second-order valence-corrected chi connectivity index (χ2v) is 8.29. The Morgan fingerprint density at radius 2 is 1.83 bits per heavy atom. The topological polar surface area (TPSA) is 46.1 Å². The minimum absolute atomic E-state index is 0.000249. The maximum absolute atomic E-state index is 13.7. The molecular formula is C21H17Cl3FN3O. The first kappa shape index (κ1) is 20.3. The first-order valence-electron chi connectivity index (χ1n) is 9.23. The predicted molar refractivity (Wildman–Crippen MR) is 114 cm³/mol. The van der Waals surface area contributed by atoms with Crippen molar-refractivity contribution in [3.05, 3.63) is 68.4 Å². The van der Waals surface area contributed by atoms with Crippen LogP contribution in [-0.4, -0.2) is 33.4 Å². The van der Waals surface area contributed by atoms with E-state index in [1.807, 2.05) is 24.3 Å². The normalized spacial score (nSPS) is 16.6. The van der Waals surface area contributed by atoms with E-state index >= 15 is 0 Å². The van der Waals surface area contributed by atoms with Crippen LogP contribution in [0.15, 0.2) is 36.4 Å². The maximum Gasteiger partial charge on any atom is 0.274 e. The summed E-state index contributed by atoms with van der Waals surface area (Å²) in [6.07, 6.45) is 2.43. The van der Waals surface area contributed by atoms with Crippen LogP contribution in [0.2, 0.25) is 15.1 Å². The standard InChI is InChI=1S/C21H17Cl3FN3O/c22-13-4-1-3-12(7-13)8-14-5-2-6-28(14)21(29)20-19(11-25)26-17-9-15(23)16(24)10-18(17)27-20/h1,3-4,7,9-10,14H,2,5-6,8,11H2. The summed E-state index contributed by atoms with van der Waals surface area (Å²) in [6, 6.07) is 10.7. The molecule has 0 bridgehead atoms. The molecule has 1 fully saturated rings. The van der Waals surface area contributed by atoms with Gasteiger partial charge < -0.3 is 4.90 Å². The van der Waals surface area contributed by atoms with Gasteiger partial charge in [0.05, 0.1) is 21.1 Å². The molecule has 1 unspecified atom stereocenters. The lowest BCUT2D eigenvalue weighted by molar-refractivity contribution is 0.0728. The Bertz CT molecular complexity index is 1090. The number of carbonyl (C=O) groups excluding carboxylic acids is 1. The van der Waals surface area contributed by atoms with Gasteiger partial charge in [-0.2, -0.15) is 0 Å². The van der Waals surface area contributed by atoms with E-state index in [-0.39, 0.29) is 23.3 Å². The SMILES string of the molecule is O=C(c1nc2cc(Cl)c(Cl)cc2nc1CF)N1CCCC1Cc1cccc(Cl)c1. The number of hydrogen-bond donors (Lipinski definition) is 0. The number of hydrogen-bond acceptors (Lipinski definition) is 3. The fourth-order valence-corrected chi connectivity index (χ4v) is 4.27. The maximum atomic E-state index is 13.7.